The number of carboxylic acid groups (broad SMARTS) is 2. The fourth-order valence-corrected chi connectivity index (χ4v) is 11.1. The predicted octanol–water partition coefficient (Wildman–Crippen LogP) is 6.61. The number of carbonyl (C=O) groups is 2. The standard InChI is InChI=1S/C34H34N4O4.C10H16N5O13P3.Fe/c1-7-21-17(3)25-13-26-19(5)23(9-11-33(39)40)31(37-26)16-32-24(10-12-34(41)42)20(6)28(38-32)15-30-22(8-2)18(4)27(36-30)14-29(21)35-25;1-5-3-15(10(17)12-9(5)16)8-2-6(13-14-11)7(26-8)4-25-30(21,22)28-31(23,24)27-29(18,19)20;/h7-8,13-16H,1-2,9-12H2,3-6H3,(H4,35,36,37,38,39,40,41,42);3,6-8H,2,4H2,1H3,(H,21,22)(H,23,24)(H,12,16,17)(H2,18,19,20);/q;;+2/p-2/t;6-,7+,8+;/m.0./s1. The molecule has 0 amide bonds. The molecule has 30 heteroatoms. The van der Waals surface area contributed by atoms with Gasteiger partial charge in [0.05, 0.1) is 41.5 Å². The topological polar surface area (TPSA) is 401 Å². The maximum atomic E-state index is 12.0. The molecule has 26 nitrogen and oxygen atoms in total. The molecule has 2 unspecified atom stereocenters. The number of H-pyrrole nitrogens is 1. The molecule has 74 heavy (non-hydrogen) atoms. The van der Waals surface area contributed by atoms with Gasteiger partial charge in [0, 0.05) is 47.1 Å². The molecule has 5 atom stereocenters. The molecule has 0 saturated carbocycles. The average Bonchev–Trinajstić information content (AvgIpc) is 4.05. The Morgan fingerprint density at radius 1 is 0.824 bits per heavy atom. The molecule has 0 aliphatic carbocycles. The number of aryl methyl sites for hydroxylation is 5. The largest absolute Gasteiger partial charge is 2.00 e. The SMILES string of the molecule is C=CC1=C(C)c2cc3[n-]c(cc4[n-]c(cc5nc(cc1n2)C(C)=C5C=C)c(C)c4CCC(=O)O)c(CCC(=O)O)c3C.Cc1cn([C@H]2C[C@H](N=[N+]=[N-])[C@@H](COP(=O)(O)OP(=O)(O)OP(=O)(O)O)O2)c(=O)[nH]c1=O.[Fe+2]. The van der Waals surface area contributed by atoms with E-state index in [0.717, 1.165) is 66.2 Å². The van der Waals surface area contributed by atoms with Crippen molar-refractivity contribution in [2.24, 2.45) is 5.11 Å². The number of aromatic amines is 1. The smallest absolute Gasteiger partial charge is 0.657 e. The zero-order valence-electron chi connectivity index (χ0n) is 39.9. The quantitative estimate of drug-likeness (QED) is 0.0192. The number of hydrogen-bond acceptors (Lipinski definition) is 14. The number of rotatable bonds is 17. The number of allylic oxidation sites excluding steroid dienone is 6. The summed E-state index contributed by atoms with van der Waals surface area (Å²) in [6, 6.07) is 6.58. The van der Waals surface area contributed by atoms with E-state index < -0.39 is 71.6 Å². The minimum Gasteiger partial charge on any atom is -0.657 e. The van der Waals surface area contributed by atoms with Gasteiger partial charge in [0.1, 0.15) is 6.23 Å². The van der Waals surface area contributed by atoms with Crippen molar-refractivity contribution in [3.8, 4) is 0 Å². The molecule has 394 valence electrons. The van der Waals surface area contributed by atoms with Crippen LogP contribution in [0.25, 0.3) is 54.8 Å². The summed E-state index contributed by atoms with van der Waals surface area (Å²) in [6.07, 6.45) is 2.80. The van der Waals surface area contributed by atoms with Gasteiger partial charge in [-0.25, -0.2) is 28.5 Å². The molecule has 7 rings (SSSR count). The third-order valence-electron chi connectivity index (χ3n) is 11.7. The van der Waals surface area contributed by atoms with Crippen LogP contribution in [0.5, 0.6) is 0 Å². The van der Waals surface area contributed by atoms with E-state index >= 15 is 0 Å². The van der Waals surface area contributed by atoms with E-state index in [-0.39, 0.29) is 41.9 Å². The molecule has 4 aromatic heterocycles. The second kappa shape index (κ2) is 23.6. The molecule has 1 fully saturated rings. The third kappa shape index (κ3) is 14.0. The number of nitrogens with one attached hydrogen (secondary N) is 1. The molecule has 0 aromatic carbocycles. The van der Waals surface area contributed by atoms with Crippen molar-refractivity contribution in [2.45, 2.75) is 85.1 Å². The Morgan fingerprint density at radius 3 is 1.81 bits per heavy atom. The van der Waals surface area contributed by atoms with Gasteiger partial charge in [0.25, 0.3) is 5.56 Å². The number of aromatic nitrogens is 6. The van der Waals surface area contributed by atoms with Crippen LogP contribution >= 0.6 is 23.5 Å². The van der Waals surface area contributed by atoms with Gasteiger partial charge in [0.2, 0.25) is 0 Å². The number of phosphoric ester groups is 1. The van der Waals surface area contributed by atoms with E-state index in [2.05, 4.69) is 36.3 Å². The Morgan fingerprint density at radius 2 is 1.32 bits per heavy atom. The summed E-state index contributed by atoms with van der Waals surface area (Å²) in [4.78, 5) is 106. The Kier molecular flexibility index (Phi) is 18.8. The number of phosphoric acid groups is 3. The predicted molar refractivity (Wildman–Crippen MR) is 263 cm³/mol. The van der Waals surface area contributed by atoms with Crippen LogP contribution in [0.3, 0.4) is 0 Å². The van der Waals surface area contributed by atoms with Gasteiger partial charge in [0.15, 0.2) is 0 Å². The van der Waals surface area contributed by atoms with E-state index in [4.69, 9.17) is 44.9 Å². The van der Waals surface area contributed by atoms with Crippen molar-refractivity contribution in [3.05, 3.63) is 138 Å². The van der Waals surface area contributed by atoms with Crippen molar-refractivity contribution >= 4 is 79.8 Å². The summed E-state index contributed by atoms with van der Waals surface area (Å²) in [5.41, 5.74) is 20.0. The summed E-state index contributed by atoms with van der Waals surface area (Å²) in [5.74, 6) is -1.80. The van der Waals surface area contributed by atoms with Crippen LogP contribution in [-0.4, -0.2) is 80.0 Å². The Hall–Kier alpha value is -6.10. The Labute approximate surface area is 430 Å². The van der Waals surface area contributed by atoms with Crippen molar-refractivity contribution in [1.29, 1.82) is 0 Å². The number of azide groups is 1. The first-order valence-corrected chi connectivity index (χ1v) is 26.2. The van der Waals surface area contributed by atoms with Crippen LogP contribution in [0, 0.1) is 20.8 Å². The first kappa shape index (κ1) is 58.8. The molecule has 1 saturated heterocycles. The number of fused-ring (bicyclic) bond motifs is 8. The molecule has 7 heterocycles. The van der Waals surface area contributed by atoms with Crippen LogP contribution < -0.4 is 21.2 Å². The number of nitrogens with zero attached hydrogens (tertiary/aromatic N) is 8. The van der Waals surface area contributed by atoms with E-state index in [1.54, 1.807) is 12.2 Å². The van der Waals surface area contributed by atoms with Crippen molar-refractivity contribution in [1.82, 2.24) is 29.5 Å². The maximum absolute atomic E-state index is 12.0. The van der Waals surface area contributed by atoms with Gasteiger partial charge in [-0.15, -0.1) is 22.1 Å². The van der Waals surface area contributed by atoms with Gasteiger partial charge in [-0.1, -0.05) is 70.9 Å². The van der Waals surface area contributed by atoms with Gasteiger partial charge in [-0.3, -0.25) is 28.5 Å². The monoisotopic (exact) mass is 1120 g/mol. The molecule has 7 N–H and O–H groups in total. The normalized spacial score (nSPS) is 18.0. The molecular weight excluding hydrogens is 1080 g/mol. The van der Waals surface area contributed by atoms with Gasteiger partial charge in [-0.2, -0.15) is 8.62 Å². The number of ether oxygens (including phenoxy) is 1. The summed E-state index contributed by atoms with van der Waals surface area (Å²) >= 11 is 0. The van der Waals surface area contributed by atoms with Crippen molar-refractivity contribution in [3.63, 3.8) is 0 Å². The fourth-order valence-electron chi connectivity index (χ4n) is 8.11. The van der Waals surface area contributed by atoms with E-state index in [1.807, 2.05) is 56.9 Å². The molecule has 3 aliphatic rings. The minimum atomic E-state index is -5.70. The van der Waals surface area contributed by atoms with E-state index in [0.29, 0.717) is 40.6 Å². The number of aliphatic carboxylic acids is 2. The van der Waals surface area contributed by atoms with E-state index in [9.17, 15) is 48.0 Å². The van der Waals surface area contributed by atoms with Crippen molar-refractivity contribution in [2.75, 3.05) is 6.61 Å². The number of carboxylic acids is 2. The van der Waals surface area contributed by atoms with Crippen LogP contribution in [0.1, 0.15) is 89.9 Å². The minimum absolute atomic E-state index is 0. The third-order valence-corrected chi connectivity index (χ3v) is 15.5. The second-order valence-corrected chi connectivity index (χ2v) is 21.0. The zero-order chi connectivity index (χ0) is 53.9. The Balaban J connectivity index is 0.000000284. The summed E-state index contributed by atoms with van der Waals surface area (Å²) in [7, 11) is -16.7. The first-order chi connectivity index (χ1) is 34.1. The molecule has 3 aliphatic heterocycles. The molecule has 8 bridgehead atoms. The van der Waals surface area contributed by atoms with Crippen molar-refractivity contribution < 1.29 is 88.0 Å². The molecular formula is C44H48FeN9O17P3. The summed E-state index contributed by atoms with van der Waals surface area (Å²) < 4.78 is 51.8. The summed E-state index contributed by atoms with van der Waals surface area (Å²) in [5, 5.41) is 22.3. The van der Waals surface area contributed by atoms with Crippen LogP contribution in [-0.2, 0) is 71.1 Å². The van der Waals surface area contributed by atoms with Crippen LogP contribution in [0.4, 0.5) is 0 Å². The molecule has 0 radical (unpaired) electrons. The average molecular weight is 1120 g/mol. The van der Waals surface area contributed by atoms with Gasteiger partial charge >= 0.3 is 58.2 Å². The molecule has 4 aromatic rings. The van der Waals surface area contributed by atoms with Gasteiger partial charge in [-0.05, 0) is 70.2 Å². The van der Waals surface area contributed by atoms with Crippen LogP contribution in [0.2, 0.25) is 0 Å². The van der Waals surface area contributed by atoms with E-state index in [1.165, 1.54) is 13.1 Å². The Bertz CT molecular complexity index is 3520. The summed E-state index contributed by atoms with van der Waals surface area (Å²) in [6.45, 7) is 16.4. The van der Waals surface area contributed by atoms with Crippen LogP contribution in [0.15, 0.2) is 70.5 Å². The second-order valence-electron chi connectivity index (χ2n) is 16.6. The molecule has 0 spiro atoms. The number of hydrogen-bond donors (Lipinski definition) is 7. The fraction of sp³-hybridized carbons (Fsp3) is 0.318. The first-order valence-electron chi connectivity index (χ1n) is 21.7. The zero-order valence-corrected chi connectivity index (χ0v) is 43.7. The van der Waals surface area contributed by atoms with Gasteiger partial charge < -0.3 is 44.5 Å². The maximum Gasteiger partial charge on any atom is 2.00 e.